The van der Waals surface area contributed by atoms with Crippen LogP contribution in [0.5, 0.6) is 11.5 Å². The Kier molecular flexibility index (Phi) is 5.76. The quantitative estimate of drug-likeness (QED) is 0.430. The van der Waals surface area contributed by atoms with Crippen molar-refractivity contribution in [3.05, 3.63) is 69.2 Å². The molecule has 5 nitrogen and oxygen atoms in total. The number of ketones is 1. The largest absolute Gasteiger partial charge is 0.493 e. The van der Waals surface area contributed by atoms with Crippen LogP contribution in [0.2, 0.25) is 0 Å². The number of hydrogen-bond acceptors (Lipinski definition) is 5. The lowest BCUT2D eigenvalue weighted by Crippen LogP contribution is -2.13. The number of methoxy groups -OCH3 is 1. The van der Waals surface area contributed by atoms with Crippen molar-refractivity contribution in [3.63, 3.8) is 0 Å². The van der Waals surface area contributed by atoms with Gasteiger partial charge in [0.25, 0.3) is 0 Å². The van der Waals surface area contributed by atoms with Gasteiger partial charge in [-0.2, -0.15) is 0 Å². The molecule has 0 unspecified atom stereocenters. The van der Waals surface area contributed by atoms with Crippen LogP contribution in [-0.2, 0) is 6.54 Å². The number of aromatic nitrogens is 1. The molecule has 0 spiro atoms. The number of aldehydes is 1. The van der Waals surface area contributed by atoms with E-state index in [1.807, 2.05) is 31.4 Å². The molecule has 0 amide bonds. The fourth-order valence-corrected chi connectivity index (χ4v) is 3.68. The molecule has 140 valence electrons. The number of aryl methyl sites for hydroxylation is 1. The molecule has 0 radical (unpaired) electrons. The zero-order valence-corrected chi connectivity index (χ0v) is 16.3. The summed E-state index contributed by atoms with van der Waals surface area (Å²) >= 11 is 1.70. The lowest BCUT2D eigenvalue weighted by Gasteiger charge is -2.11. The number of carbonyl (C=O) groups excluding carboxylic acids is 2. The average Bonchev–Trinajstić information content (AvgIpc) is 3.29. The Morgan fingerprint density at radius 3 is 2.67 bits per heavy atom. The fraction of sp³-hybridized carbons (Fsp3) is 0.238. The molecule has 1 aromatic carbocycles. The Morgan fingerprint density at radius 1 is 1.19 bits per heavy atom. The monoisotopic (exact) mass is 383 g/mol. The third kappa shape index (κ3) is 4.11. The highest BCUT2D eigenvalue weighted by Crippen LogP contribution is 2.28. The SMILES string of the molecule is COc1cc(C=O)ccc1OCC(=O)c1cc(C)n(Cc2cccs2)c1C. The summed E-state index contributed by atoms with van der Waals surface area (Å²) in [6.45, 7) is 4.61. The molecule has 0 aliphatic rings. The van der Waals surface area contributed by atoms with Crippen LogP contribution in [0.1, 0.15) is 37.0 Å². The molecule has 0 aliphatic heterocycles. The molecule has 27 heavy (non-hydrogen) atoms. The Bertz CT molecular complexity index is 957. The lowest BCUT2D eigenvalue weighted by atomic mass is 10.1. The van der Waals surface area contributed by atoms with Gasteiger partial charge in [0.2, 0.25) is 5.78 Å². The van der Waals surface area contributed by atoms with Gasteiger partial charge >= 0.3 is 0 Å². The van der Waals surface area contributed by atoms with Crippen LogP contribution < -0.4 is 9.47 Å². The summed E-state index contributed by atoms with van der Waals surface area (Å²) in [6, 6.07) is 10.9. The number of hydrogen-bond donors (Lipinski definition) is 0. The van der Waals surface area contributed by atoms with Crippen LogP contribution in [0.25, 0.3) is 0 Å². The van der Waals surface area contributed by atoms with Crippen molar-refractivity contribution >= 4 is 23.4 Å². The number of thiophene rings is 1. The Balaban J connectivity index is 1.74. The van der Waals surface area contributed by atoms with Gasteiger partial charge in [0.05, 0.1) is 13.7 Å². The molecule has 3 aromatic rings. The second kappa shape index (κ2) is 8.22. The lowest BCUT2D eigenvalue weighted by molar-refractivity contribution is 0.0918. The summed E-state index contributed by atoms with van der Waals surface area (Å²) in [5.74, 6) is 0.765. The predicted molar refractivity (Wildman–Crippen MR) is 106 cm³/mol. The first-order chi connectivity index (χ1) is 13.0. The van der Waals surface area contributed by atoms with Gasteiger partial charge in [-0.3, -0.25) is 9.59 Å². The van der Waals surface area contributed by atoms with E-state index in [1.165, 1.54) is 12.0 Å². The van der Waals surface area contributed by atoms with Crippen molar-refractivity contribution < 1.29 is 19.1 Å². The van der Waals surface area contributed by atoms with Crippen molar-refractivity contribution in [2.75, 3.05) is 13.7 Å². The first-order valence-electron chi connectivity index (χ1n) is 8.51. The second-order valence-electron chi connectivity index (χ2n) is 6.19. The number of carbonyl (C=O) groups is 2. The molecule has 0 saturated heterocycles. The molecule has 0 atom stereocenters. The van der Waals surface area contributed by atoms with E-state index in [4.69, 9.17) is 9.47 Å². The molecule has 0 aliphatic carbocycles. The summed E-state index contributed by atoms with van der Waals surface area (Å²) in [4.78, 5) is 24.8. The van der Waals surface area contributed by atoms with Crippen LogP contribution in [0.3, 0.4) is 0 Å². The van der Waals surface area contributed by atoms with Crippen molar-refractivity contribution in [2.45, 2.75) is 20.4 Å². The second-order valence-corrected chi connectivity index (χ2v) is 7.22. The van der Waals surface area contributed by atoms with Crippen LogP contribution >= 0.6 is 11.3 Å². The Hall–Kier alpha value is -2.86. The average molecular weight is 383 g/mol. The summed E-state index contributed by atoms with van der Waals surface area (Å²) < 4.78 is 13.0. The molecule has 2 aromatic heterocycles. The topological polar surface area (TPSA) is 57.5 Å². The molecule has 6 heteroatoms. The molecule has 2 heterocycles. The van der Waals surface area contributed by atoms with E-state index in [2.05, 4.69) is 10.6 Å². The number of rotatable bonds is 8. The predicted octanol–water partition coefficient (Wildman–Crippen LogP) is 4.30. The van der Waals surface area contributed by atoms with Crippen LogP contribution in [0.4, 0.5) is 0 Å². The molecule has 0 N–H and O–H groups in total. The van der Waals surface area contributed by atoms with Gasteiger partial charge in [-0.1, -0.05) is 6.07 Å². The summed E-state index contributed by atoms with van der Waals surface area (Å²) in [6.07, 6.45) is 0.736. The Morgan fingerprint density at radius 2 is 2.00 bits per heavy atom. The number of Topliss-reactive ketones (excluding diaryl/α,β-unsaturated/α-hetero) is 1. The minimum absolute atomic E-state index is 0.0953. The molecule has 0 bridgehead atoms. The number of ether oxygens (including phenoxy) is 2. The summed E-state index contributed by atoms with van der Waals surface area (Å²) in [5, 5.41) is 2.05. The van der Waals surface area contributed by atoms with Gasteiger partial charge in [0, 0.05) is 27.4 Å². The Labute approximate surface area is 162 Å². The van der Waals surface area contributed by atoms with Gasteiger partial charge in [-0.05, 0) is 49.6 Å². The van der Waals surface area contributed by atoms with Gasteiger partial charge < -0.3 is 14.0 Å². The van der Waals surface area contributed by atoms with E-state index < -0.39 is 0 Å². The third-order valence-corrected chi connectivity index (χ3v) is 5.31. The highest BCUT2D eigenvalue weighted by molar-refractivity contribution is 7.09. The van der Waals surface area contributed by atoms with E-state index in [0.29, 0.717) is 22.6 Å². The smallest absolute Gasteiger partial charge is 0.202 e. The zero-order chi connectivity index (χ0) is 19.4. The van der Waals surface area contributed by atoms with Gasteiger partial charge in [0.1, 0.15) is 6.29 Å². The molecule has 0 saturated carbocycles. The van der Waals surface area contributed by atoms with Crippen LogP contribution in [0.15, 0.2) is 41.8 Å². The van der Waals surface area contributed by atoms with E-state index in [1.54, 1.807) is 29.5 Å². The van der Waals surface area contributed by atoms with Gasteiger partial charge in [0.15, 0.2) is 18.1 Å². The van der Waals surface area contributed by atoms with Gasteiger partial charge in [-0.15, -0.1) is 11.3 Å². The van der Waals surface area contributed by atoms with E-state index in [9.17, 15) is 9.59 Å². The molecule has 3 rings (SSSR count). The standard InChI is InChI=1S/C21H21NO4S/c1-14-9-18(15(2)22(14)11-17-5-4-8-27-17)19(24)13-26-20-7-6-16(12-23)10-21(20)25-3/h4-10,12H,11,13H2,1-3H3. The maximum absolute atomic E-state index is 12.7. The van der Waals surface area contributed by atoms with Crippen molar-refractivity contribution in [3.8, 4) is 11.5 Å². The zero-order valence-electron chi connectivity index (χ0n) is 15.5. The van der Waals surface area contributed by atoms with E-state index >= 15 is 0 Å². The highest BCUT2D eigenvalue weighted by atomic mass is 32.1. The van der Waals surface area contributed by atoms with E-state index in [0.717, 1.165) is 24.2 Å². The van der Waals surface area contributed by atoms with E-state index in [-0.39, 0.29) is 12.4 Å². The van der Waals surface area contributed by atoms with Crippen molar-refractivity contribution in [2.24, 2.45) is 0 Å². The summed E-state index contributed by atoms with van der Waals surface area (Å²) in [7, 11) is 1.50. The molecular weight excluding hydrogens is 362 g/mol. The van der Waals surface area contributed by atoms with Crippen LogP contribution in [0, 0.1) is 13.8 Å². The highest BCUT2D eigenvalue weighted by Gasteiger charge is 2.17. The number of benzene rings is 1. The third-order valence-electron chi connectivity index (χ3n) is 4.45. The maximum Gasteiger partial charge on any atom is 0.202 e. The van der Waals surface area contributed by atoms with Gasteiger partial charge in [-0.25, -0.2) is 0 Å². The summed E-state index contributed by atoms with van der Waals surface area (Å²) in [5.41, 5.74) is 3.12. The molecule has 0 fully saturated rings. The fourth-order valence-electron chi connectivity index (χ4n) is 2.98. The minimum Gasteiger partial charge on any atom is -0.493 e. The van der Waals surface area contributed by atoms with Crippen molar-refractivity contribution in [1.82, 2.24) is 4.57 Å². The normalized spacial score (nSPS) is 10.6. The first kappa shape index (κ1) is 18.9. The minimum atomic E-state index is -0.0971. The first-order valence-corrected chi connectivity index (χ1v) is 9.39. The van der Waals surface area contributed by atoms with Crippen LogP contribution in [-0.4, -0.2) is 30.4 Å². The maximum atomic E-state index is 12.7. The molecular formula is C21H21NO4S. The number of nitrogens with zero attached hydrogens (tertiary/aromatic N) is 1. The van der Waals surface area contributed by atoms with Crippen molar-refractivity contribution in [1.29, 1.82) is 0 Å².